The van der Waals surface area contributed by atoms with Gasteiger partial charge in [0.05, 0.1) is 22.3 Å². The van der Waals surface area contributed by atoms with E-state index in [0.717, 1.165) is 0 Å². The predicted molar refractivity (Wildman–Crippen MR) is 98.1 cm³/mol. The number of amides is 1. The lowest BCUT2D eigenvalue weighted by atomic mass is 9.98. The van der Waals surface area contributed by atoms with Crippen LogP contribution in [-0.2, 0) is 14.8 Å². The fraction of sp³-hybridized carbons (Fsp3) is 0.529. The molecule has 1 spiro atoms. The molecule has 2 aliphatic rings. The van der Waals surface area contributed by atoms with Crippen LogP contribution in [0, 0.1) is 5.92 Å². The van der Waals surface area contributed by atoms with Crippen LogP contribution in [0.15, 0.2) is 24.3 Å². The maximum Gasteiger partial charge on any atom is 0.293 e. The summed E-state index contributed by atoms with van der Waals surface area (Å²) < 4.78 is 26.5. The summed E-state index contributed by atoms with van der Waals surface area (Å²) in [5.74, 6) is 0.0707. The molecular weight excluding hydrogens is 378 g/mol. The number of carbonyl (C=O) groups excluding carboxylic acids is 2. The van der Waals surface area contributed by atoms with Crippen molar-refractivity contribution in [2.24, 2.45) is 5.92 Å². The molecule has 2 heterocycles. The van der Waals surface area contributed by atoms with E-state index < -0.39 is 20.8 Å². The molecule has 3 rings (SSSR count). The van der Waals surface area contributed by atoms with Crippen molar-refractivity contribution in [1.29, 1.82) is 0 Å². The van der Waals surface area contributed by atoms with Gasteiger partial charge in [0.25, 0.3) is 15.1 Å². The van der Waals surface area contributed by atoms with Gasteiger partial charge in [-0.05, 0) is 30.9 Å². The summed E-state index contributed by atoms with van der Waals surface area (Å²) in [5.41, 5.74) is -0.632. The van der Waals surface area contributed by atoms with E-state index >= 15 is 0 Å². The van der Waals surface area contributed by atoms with Crippen LogP contribution in [0.3, 0.4) is 0 Å². The molecule has 0 aliphatic carbocycles. The monoisotopic (exact) mass is 399 g/mol. The Labute approximate surface area is 158 Å². The highest BCUT2D eigenvalue weighted by molar-refractivity contribution is 8.04. The number of nitrogens with one attached hydrogen (secondary N) is 2. The lowest BCUT2D eigenvalue weighted by Gasteiger charge is -2.38. The lowest BCUT2D eigenvalue weighted by molar-refractivity contribution is -0.121. The topological polar surface area (TPSA) is 95.6 Å². The molecular formula is C17H22ClN3O4S. The van der Waals surface area contributed by atoms with E-state index in [1.165, 1.54) is 16.4 Å². The largest absolute Gasteiger partial charge is 0.337 e. The number of nitrogens with zero attached hydrogens (tertiary/aromatic N) is 1. The van der Waals surface area contributed by atoms with Crippen LogP contribution in [0.25, 0.3) is 0 Å². The van der Waals surface area contributed by atoms with Crippen LogP contribution < -0.4 is 10.6 Å². The van der Waals surface area contributed by atoms with Crippen molar-refractivity contribution in [2.45, 2.75) is 38.4 Å². The highest BCUT2D eigenvalue weighted by Gasteiger charge is 2.48. The van der Waals surface area contributed by atoms with E-state index in [1.807, 2.05) is 13.8 Å². The zero-order valence-electron chi connectivity index (χ0n) is 14.7. The van der Waals surface area contributed by atoms with Crippen molar-refractivity contribution < 1.29 is 18.0 Å². The molecule has 26 heavy (non-hydrogen) atoms. The second-order valence-electron chi connectivity index (χ2n) is 7.11. The molecule has 2 N–H and O–H groups in total. The predicted octanol–water partition coefficient (Wildman–Crippen LogP) is 1.35. The average molecular weight is 400 g/mol. The average Bonchev–Trinajstić information content (AvgIpc) is 2.91. The normalized spacial score (nSPS) is 23.4. The van der Waals surface area contributed by atoms with Gasteiger partial charge in [-0.2, -0.15) is 4.31 Å². The number of hydrogen-bond donors (Lipinski definition) is 2. The standard InChI is InChI=1S/C17H22ClN3O4S/c1-11(2)14-15(22)20-17(19-14)7-9-21(10-8-17)26(24,25)16(23)12-5-3-4-6-13(12)18/h3-6,11,14,19H,7-10H2,1-2H3,(H,20,22). The van der Waals surface area contributed by atoms with Gasteiger partial charge in [0.15, 0.2) is 0 Å². The first-order valence-corrected chi connectivity index (χ1v) is 10.4. The Bertz CT molecular complexity index is 832. The Morgan fingerprint density at radius 3 is 2.42 bits per heavy atom. The minimum absolute atomic E-state index is 0.0263. The number of halogens is 1. The smallest absolute Gasteiger partial charge is 0.293 e. The van der Waals surface area contributed by atoms with E-state index in [1.54, 1.807) is 12.1 Å². The molecule has 2 fully saturated rings. The third kappa shape index (κ3) is 3.38. The van der Waals surface area contributed by atoms with Crippen LogP contribution >= 0.6 is 11.6 Å². The number of carbonyl (C=O) groups is 2. The van der Waals surface area contributed by atoms with Crippen molar-refractivity contribution >= 4 is 32.6 Å². The molecule has 1 aromatic carbocycles. The highest BCUT2D eigenvalue weighted by Crippen LogP contribution is 2.29. The van der Waals surface area contributed by atoms with Crippen molar-refractivity contribution in [3.05, 3.63) is 34.9 Å². The Morgan fingerprint density at radius 1 is 1.27 bits per heavy atom. The van der Waals surface area contributed by atoms with Crippen LogP contribution in [0.4, 0.5) is 0 Å². The van der Waals surface area contributed by atoms with Crippen molar-refractivity contribution in [3.63, 3.8) is 0 Å². The van der Waals surface area contributed by atoms with Crippen molar-refractivity contribution in [3.8, 4) is 0 Å². The molecule has 0 radical (unpaired) electrons. The minimum Gasteiger partial charge on any atom is -0.337 e. The van der Waals surface area contributed by atoms with E-state index in [4.69, 9.17) is 11.6 Å². The number of rotatable bonds is 3. The highest BCUT2D eigenvalue weighted by atomic mass is 35.5. The summed E-state index contributed by atoms with van der Waals surface area (Å²) in [6.07, 6.45) is 0.800. The molecule has 1 unspecified atom stereocenters. The zero-order chi connectivity index (χ0) is 19.1. The van der Waals surface area contributed by atoms with Gasteiger partial charge >= 0.3 is 0 Å². The van der Waals surface area contributed by atoms with Crippen molar-refractivity contribution in [1.82, 2.24) is 14.9 Å². The van der Waals surface area contributed by atoms with Gasteiger partial charge < -0.3 is 5.32 Å². The number of sulfonamides is 1. The number of piperidine rings is 1. The molecule has 0 bridgehead atoms. The van der Waals surface area contributed by atoms with Crippen LogP contribution in [0.1, 0.15) is 37.0 Å². The minimum atomic E-state index is -4.16. The second kappa shape index (κ2) is 6.92. The van der Waals surface area contributed by atoms with Gasteiger partial charge in [0, 0.05) is 13.1 Å². The summed E-state index contributed by atoms with van der Waals surface area (Å²) in [5, 5.41) is 5.39. The van der Waals surface area contributed by atoms with E-state index in [2.05, 4.69) is 10.6 Å². The summed E-state index contributed by atoms with van der Waals surface area (Å²) in [4.78, 5) is 24.6. The second-order valence-corrected chi connectivity index (χ2v) is 9.35. The molecule has 1 atom stereocenters. The fourth-order valence-electron chi connectivity index (χ4n) is 3.44. The van der Waals surface area contributed by atoms with Crippen LogP contribution in [0.2, 0.25) is 5.02 Å². The summed E-state index contributed by atoms with van der Waals surface area (Å²) in [7, 11) is -4.16. The third-order valence-electron chi connectivity index (χ3n) is 4.99. The molecule has 142 valence electrons. The molecule has 9 heteroatoms. The third-order valence-corrected chi connectivity index (χ3v) is 7.05. The number of hydrogen-bond acceptors (Lipinski definition) is 5. The van der Waals surface area contributed by atoms with Gasteiger partial charge in [-0.3, -0.25) is 14.9 Å². The summed E-state index contributed by atoms with van der Waals surface area (Å²) in [6.45, 7) is 4.21. The van der Waals surface area contributed by atoms with E-state index in [9.17, 15) is 18.0 Å². The molecule has 2 saturated heterocycles. The molecule has 2 aliphatic heterocycles. The van der Waals surface area contributed by atoms with Gasteiger partial charge in [0.1, 0.15) is 0 Å². The van der Waals surface area contributed by atoms with Gasteiger partial charge in [0.2, 0.25) is 5.91 Å². The zero-order valence-corrected chi connectivity index (χ0v) is 16.2. The quantitative estimate of drug-likeness (QED) is 0.799. The van der Waals surface area contributed by atoms with Crippen molar-refractivity contribution in [2.75, 3.05) is 13.1 Å². The Balaban J connectivity index is 1.73. The van der Waals surface area contributed by atoms with Gasteiger partial charge in [-0.15, -0.1) is 0 Å². The Morgan fingerprint density at radius 2 is 1.88 bits per heavy atom. The summed E-state index contributed by atoms with van der Waals surface area (Å²) in [6, 6.07) is 5.81. The first-order valence-electron chi connectivity index (χ1n) is 8.55. The Hall–Kier alpha value is -1.48. The SMILES string of the molecule is CC(C)C1NC2(CCN(S(=O)(=O)C(=O)c3ccccc3Cl)CC2)NC1=O. The summed E-state index contributed by atoms with van der Waals surface area (Å²) >= 11 is 5.96. The maximum atomic E-state index is 12.7. The molecule has 0 saturated carbocycles. The molecule has 0 aromatic heterocycles. The maximum absolute atomic E-state index is 12.7. The van der Waals surface area contributed by atoms with E-state index in [-0.39, 0.29) is 41.5 Å². The first-order chi connectivity index (χ1) is 12.2. The van der Waals surface area contributed by atoms with Gasteiger partial charge in [-0.25, -0.2) is 8.42 Å². The Kier molecular flexibility index (Phi) is 5.13. The van der Waals surface area contributed by atoms with Gasteiger partial charge in [-0.1, -0.05) is 37.6 Å². The number of benzene rings is 1. The van der Waals surface area contributed by atoms with Crippen LogP contribution in [-0.4, -0.2) is 48.5 Å². The molecule has 1 aromatic rings. The molecule has 1 amide bonds. The van der Waals surface area contributed by atoms with E-state index in [0.29, 0.717) is 12.8 Å². The molecule has 7 nitrogen and oxygen atoms in total. The first kappa shape index (κ1) is 19.3. The lowest BCUT2D eigenvalue weighted by Crippen LogP contribution is -2.58. The fourth-order valence-corrected chi connectivity index (χ4v) is 5.07. The van der Waals surface area contributed by atoms with Crippen LogP contribution in [0.5, 0.6) is 0 Å².